The molecule has 0 spiro atoms. The number of benzene rings is 2. The van der Waals surface area contributed by atoms with Crippen LogP contribution < -0.4 is 10.1 Å². The number of rotatable bonds is 6. The SMILES string of the molecule is COc1ccc(Cl)cc1CN(C)CC(=O)Nc1ccccc1. The molecule has 5 heteroatoms. The molecule has 0 atom stereocenters. The van der Waals surface area contributed by atoms with Gasteiger partial charge < -0.3 is 10.1 Å². The smallest absolute Gasteiger partial charge is 0.238 e. The number of carbonyl (C=O) groups excluding carboxylic acids is 1. The van der Waals surface area contributed by atoms with Crippen molar-refractivity contribution in [2.45, 2.75) is 6.54 Å². The van der Waals surface area contributed by atoms with E-state index in [9.17, 15) is 4.79 Å². The summed E-state index contributed by atoms with van der Waals surface area (Å²) in [7, 11) is 3.50. The predicted octanol–water partition coefficient (Wildman–Crippen LogP) is 3.42. The lowest BCUT2D eigenvalue weighted by Crippen LogP contribution is -2.29. The van der Waals surface area contributed by atoms with Gasteiger partial charge in [-0.25, -0.2) is 0 Å². The number of hydrogen-bond acceptors (Lipinski definition) is 3. The van der Waals surface area contributed by atoms with Crippen molar-refractivity contribution in [2.75, 3.05) is 26.0 Å². The fourth-order valence-electron chi connectivity index (χ4n) is 2.18. The first-order valence-corrected chi connectivity index (χ1v) is 7.32. The molecule has 0 saturated heterocycles. The Morgan fingerprint density at radius 3 is 2.64 bits per heavy atom. The number of ether oxygens (including phenoxy) is 1. The molecule has 0 aliphatic rings. The van der Waals surface area contributed by atoms with Gasteiger partial charge >= 0.3 is 0 Å². The van der Waals surface area contributed by atoms with E-state index in [2.05, 4.69) is 5.32 Å². The van der Waals surface area contributed by atoms with E-state index in [1.54, 1.807) is 13.2 Å². The van der Waals surface area contributed by atoms with Crippen LogP contribution in [0.3, 0.4) is 0 Å². The fraction of sp³-hybridized carbons (Fsp3) is 0.235. The Morgan fingerprint density at radius 2 is 1.95 bits per heavy atom. The molecule has 2 aromatic rings. The van der Waals surface area contributed by atoms with E-state index in [1.807, 2.05) is 54.4 Å². The molecule has 4 nitrogen and oxygen atoms in total. The zero-order chi connectivity index (χ0) is 15.9. The van der Waals surface area contributed by atoms with E-state index in [4.69, 9.17) is 16.3 Å². The second-order valence-electron chi connectivity index (χ2n) is 5.04. The number of carbonyl (C=O) groups is 1. The van der Waals surface area contributed by atoms with E-state index in [0.29, 0.717) is 11.6 Å². The van der Waals surface area contributed by atoms with Gasteiger partial charge in [-0.15, -0.1) is 0 Å². The number of nitrogens with one attached hydrogen (secondary N) is 1. The summed E-state index contributed by atoms with van der Waals surface area (Å²) in [5, 5.41) is 3.51. The van der Waals surface area contributed by atoms with E-state index < -0.39 is 0 Å². The van der Waals surface area contributed by atoms with Crippen LogP contribution in [0.5, 0.6) is 5.75 Å². The van der Waals surface area contributed by atoms with Crippen molar-refractivity contribution < 1.29 is 9.53 Å². The van der Waals surface area contributed by atoms with Gasteiger partial charge in [0.25, 0.3) is 0 Å². The molecule has 0 saturated carbocycles. The van der Waals surface area contributed by atoms with Crippen LogP contribution in [-0.4, -0.2) is 31.5 Å². The molecule has 22 heavy (non-hydrogen) atoms. The average molecular weight is 319 g/mol. The molecule has 2 aromatic carbocycles. The highest BCUT2D eigenvalue weighted by Crippen LogP contribution is 2.23. The molecule has 0 radical (unpaired) electrons. The minimum Gasteiger partial charge on any atom is -0.496 e. The molecule has 0 aliphatic carbocycles. The van der Waals surface area contributed by atoms with Crippen LogP contribution in [0.25, 0.3) is 0 Å². The number of anilines is 1. The van der Waals surface area contributed by atoms with Gasteiger partial charge in [-0.1, -0.05) is 29.8 Å². The van der Waals surface area contributed by atoms with E-state index in [0.717, 1.165) is 17.0 Å². The number of para-hydroxylation sites is 1. The van der Waals surface area contributed by atoms with Crippen LogP contribution in [0.15, 0.2) is 48.5 Å². The Morgan fingerprint density at radius 1 is 1.23 bits per heavy atom. The summed E-state index contributed by atoms with van der Waals surface area (Å²) in [5.41, 5.74) is 1.74. The van der Waals surface area contributed by atoms with Crippen molar-refractivity contribution in [3.63, 3.8) is 0 Å². The summed E-state index contributed by atoms with van der Waals surface area (Å²) in [5.74, 6) is 0.703. The summed E-state index contributed by atoms with van der Waals surface area (Å²) < 4.78 is 5.32. The number of hydrogen-bond donors (Lipinski definition) is 1. The lowest BCUT2D eigenvalue weighted by atomic mass is 10.2. The first kappa shape index (κ1) is 16.3. The predicted molar refractivity (Wildman–Crippen MR) is 89.4 cm³/mol. The molecule has 0 unspecified atom stereocenters. The molecule has 0 fully saturated rings. The molecule has 2 rings (SSSR count). The molecule has 1 amide bonds. The standard InChI is InChI=1S/C17H19ClN2O2/c1-20(11-13-10-14(18)8-9-16(13)22-2)12-17(21)19-15-6-4-3-5-7-15/h3-10H,11-12H2,1-2H3,(H,19,21). The minimum atomic E-state index is -0.0605. The highest BCUT2D eigenvalue weighted by atomic mass is 35.5. The monoisotopic (exact) mass is 318 g/mol. The Kier molecular flexibility index (Phi) is 5.81. The Labute approximate surface area is 135 Å². The Balaban J connectivity index is 1.94. The van der Waals surface area contributed by atoms with Gasteiger partial charge in [-0.3, -0.25) is 9.69 Å². The van der Waals surface area contributed by atoms with Gasteiger partial charge in [0.1, 0.15) is 5.75 Å². The minimum absolute atomic E-state index is 0.0605. The highest BCUT2D eigenvalue weighted by Gasteiger charge is 2.11. The molecular weight excluding hydrogens is 300 g/mol. The summed E-state index contributed by atoms with van der Waals surface area (Å²) in [4.78, 5) is 13.9. The maximum absolute atomic E-state index is 12.0. The zero-order valence-electron chi connectivity index (χ0n) is 12.7. The highest BCUT2D eigenvalue weighted by molar-refractivity contribution is 6.30. The van der Waals surface area contributed by atoms with Gasteiger partial charge in [0.15, 0.2) is 0 Å². The van der Waals surface area contributed by atoms with Crippen molar-refractivity contribution >= 4 is 23.2 Å². The van der Waals surface area contributed by atoms with Crippen LogP contribution in [-0.2, 0) is 11.3 Å². The van der Waals surface area contributed by atoms with Crippen molar-refractivity contribution in [3.05, 3.63) is 59.1 Å². The number of nitrogens with zero attached hydrogens (tertiary/aromatic N) is 1. The van der Waals surface area contributed by atoms with Gasteiger partial charge in [0.2, 0.25) is 5.91 Å². The van der Waals surface area contributed by atoms with Gasteiger partial charge in [0, 0.05) is 22.8 Å². The summed E-state index contributed by atoms with van der Waals surface area (Å²) in [6.45, 7) is 0.858. The molecule has 116 valence electrons. The van der Waals surface area contributed by atoms with Gasteiger partial charge in [-0.2, -0.15) is 0 Å². The third-order valence-electron chi connectivity index (χ3n) is 3.15. The van der Waals surface area contributed by atoms with Crippen molar-refractivity contribution in [1.29, 1.82) is 0 Å². The summed E-state index contributed by atoms with van der Waals surface area (Å²) >= 11 is 6.02. The van der Waals surface area contributed by atoms with Gasteiger partial charge in [0.05, 0.1) is 13.7 Å². The number of likely N-dealkylation sites (N-methyl/N-ethyl adjacent to an activating group) is 1. The van der Waals surface area contributed by atoms with Gasteiger partial charge in [-0.05, 0) is 37.4 Å². The van der Waals surface area contributed by atoms with E-state index >= 15 is 0 Å². The fourth-order valence-corrected chi connectivity index (χ4v) is 2.38. The van der Waals surface area contributed by atoms with Crippen LogP contribution in [0.2, 0.25) is 5.02 Å². The molecule has 0 aliphatic heterocycles. The van der Waals surface area contributed by atoms with Crippen molar-refractivity contribution in [2.24, 2.45) is 0 Å². The lowest BCUT2D eigenvalue weighted by Gasteiger charge is -2.18. The quantitative estimate of drug-likeness (QED) is 0.887. The zero-order valence-corrected chi connectivity index (χ0v) is 13.4. The van der Waals surface area contributed by atoms with Crippen LogP contribution in [0.1, 0.15) is 5.56 Å². The normalized spacial score (nSPS) is 10.5. The molecule has 1 N–H and O–H groups in total. The lowest BCUT2D eigenvalue weighted by molar-refractivity contribution is -0.117. The Bertz CT molecular complexity index is 632. The Hall–Kier alpha value is -2.04. The maximum Gasteiger partial charge on any atom is 0.238 e. The number of halogens is 1. The third-order valence-corrected chi connectivity index (χ3v) is 3.39. The van der Waals surface area contributed by atoms with E-state index in [-0.39, 0.29) is 12.5 Å². The molecule has 0 heterocycles. The van der Waals surface area contributed by atoms with Crippen LogP contribution >= 0.6 is 11.6 Å². The molecular formula is C17H19ClN2O2. The van der Waals surface area contributed by atoms with Crippen molar-refractivity contribution in [1.82, 2.24) is 4.90 Å². The van der Waals surface area contributed by atoms with Crippen molar-refractivity contribution in [3.8, 4) is 5.75 Å². The van der Waals surface area contributed by atoms with Crippen LogP contribution in [0, 0.1) is 0 Å². The molecule has 0 aromatic heterocycles. The summed E-state index contributed by atoms with van der Waals surface area (Å²) in [6, 6.07) is 14.9. The third kappa shape index (κ3) is 4.76. The first-order chi connectivity index (χ1) is 10.6. The topological polar surface area (TPSA) is 41.6 Å². The molecule has 0 bridgehead atoms. The average Bonchev–Trinajstić information content (AvgIpc) is 2.48. The first-order valence-electron chi connectivity index (χ1n) is 6.94. The van der Waals surface area contributed by atoms with E-state index in [1.165, 1.54) is 0 Å². The number of methoxy groups -OCH3 is 1. The number of amides is 1. The summed E-state index contributed by atoms with van der Waals surface area (Å²) in [6.07, 6.45) is 0. The second-order valence-corrected chi connectivity index (χ2v) is 5.48. The second kappa shape index (κ2) is 7.82. The maximum atomic E-state index is 12.0. The van der Waals surface area contributed by atoms with Crippen LogP contribution in [0.4, 0.5) is 5.69 Å². The largest absolute Gasteiger partial charge is 0.496 e.